The van der Waals surface area contributed by atoms with Crippen LogP contribution in [0.25, 0.3) is 0 Å². The summed E-state index contributed by atoms with van der Waals surface area (Å²) in [5.41, 5.74) is 3.72. The second-order valence-corrected chi connectivity index (χ2v) is 6.46. The van der Waals surface area contributed by atoms with Crippen molar-refractivity contribution in [3.63, 3.8) is 0 Å². The fourth-order valence-electron chi connectivity index (χ4n) is 2.68. The monoisotopic (exact) mass is 336 g/mol. The topological polar surface area (TPSA) is 85.2 Å². The molecule has 1 amide bonds. The highest BCUT2D eigenvalue weighted by molar-refractivity contribution is 7.13. The number of aryl methyl sites for hydroxylation is 2. The predicted molar refractivity (Wildman–Crippen MR) is 86.4 cm³/mol. The molecule has 1 fully saturated rings. The third kappa shape index (κ3) is 4.34. The first-order valence-corrected chi connectivity index (χ1v) is 8.39. The summed E-state index contributed by atoms with van der Waals surface area (Å²) in [6.45, 7) is 7.13. The molecule has 2 aromatic rings. The van der Waals surface area contributed by atoms with Crippen molar-refractivity contribution in [3.8, 4) is 0 Å². The van der Waals surface area contributed by atoms with Crippen LogP contribution in [-0.2, 0) is 16.1 Å². The molecular weight excluding hydrogens is 316 g/mol. The number of carbonyl (C=O) groups excluding carboxylic acids is 1. The Balaban J connectivity index is 1.51. The molecule has 0 bridgehead atoms. The number of rotatable bonds is 5. The lowest BCUT2D eigenvalue weighted by Gasteiger charge is -2.32. The molecule has 0 radical (unpaired) electrons. The molecule has 0 aromatic carbocycles. The summed E-state index contributed by atoms with van der Waals surface area (Å²) in [4.78, 5) is 14.1. The number of hydrogen-bond donors (Lipinski definition) is 1. The van der Waals surface area contributed by atoms with Crippen LogP contribution in [0, 0.1) is 13.8 Å². The zero-order valence-electron chi connectivity index (χ0n) is 13.2. The van der Waals surface area contributed by atoms with Gasteiger partial charge in [0.25, 0.3) is 0 Å². The van der Waals surface area contributed by atoms with Gasteiger partial charge in [-0.3, -0.25) is 19.7 Å². The van der Waals surface area contributed by atoms with E-state index >= 15 is 0 Å². The van der Waals surface area contributed by atoms with E-state index in [-0.39, 0.29) is 12.0 Å². The van der Waals surface area contributed by atoms with Gasteiger partial charge in [-0.2, -0.15) is 5.10 Å². The number of anilines is 1. The van der Waals surface area contributed by atoms with E-state index in [1.165, 1.54) is 11.3 Å². The second kappa shape index (κ2) is 7.16. The molecule has 23 heavy (non-hydrogen) atoms. The second-order valence-electron chi connectivity index (χ2n) is 5.63. The Labute approximate surface area is 138 Å². The molecule has 1 aliphatic heterocycles. The first-order chi connectivity index (χ1) is 11.1. The first kappa shape index (κ1) is 16.0. The Morgan fingerprint density at radius 2 is 2.39 bits per heavy atom. The van der Waals surface area contributed by atoms with Gasteiger partial charge in [0.15, 0.2) is 0 Å². The number of carbonyl (C=O) groups is 1. The summed E-state index contributed by atoms with van der Waals surface area (Å²) in [5, 5.41) is 15.3. The minimum atomic E-state index is -0.0754. The van der Waals surface area contributed by atoms with E-state index < -0.39 is 0 Å². The normalized spacial score (nSPS) is 19.0. The zero-order chi connectivity index (χ0) is 16.2. The number of nitrogens with zero attached hydrogens (tertiary/aromatic N) is 5. The van der Waals surface area contributed by atoms with E-state index in [2.05, 4.69) is 31.6 Å². The van der Waals surface area contributed by atoms with Crippen molar-refractivity contribution in [1.82, 2.24) is 24.9 Å². The standard InChI is InChI=1S/C14H20N6O2S/c1-10-5-11(2)20(18-10)7-12-6-19(3-4-22-12)8-13(21)16-14-17-15-9-23-14/h5,9,12H,3-4,6-8H2,1-2H3,(H,16,17,21)/t12-/m0/s1. The van der Waals surface area contributed by atoms with Gasteiger partial charge in [0, 0.05) is 18.8 Å². The van der Waals surface area contributed by atoms with Crippen LogP contribution in [0.4, 0.5) is 5.13 Å². The van der Waals surface area contributed by atoms with Gasteiger partial charge in [0.05, 0.1) is 31.5 Å². The van der Waals surface area contributed by atoms with Crippen molar-refractivity contribution in [2.45, 2.75) is 26.5 Å². The number of amides is 1. The average molecular weight is 336 g/mol. The van der Waals surface area contributed by atoms with Crippen LogP contribution in [0.2, 0.25) is 0 Å². The van der Waals surface area contributed by atoms with Crippen molar-refractivity contribution < 1.29 is 9.53 Å². The molecule has 0 aliphatic carbocycles. The van der Waals surface area contributed by atoms with Gasteiger partial charge in [0.1, 0.15) is 5.51 Å². The van der Waals surface area contributed by atoms with Crippen LogP contribution in [0.3, 0.4) is 0 Å². The van der Waals surface area contributed by atoms with Crippen LogP contribution in [0.5, 0.6) is 0 Å². The number of hydrogen-bond acceptors (Lipinski definition) is 7. The summed E-state index contributed by atoms with van der Waals surface area (Å²) in [7, 11) is 0. The van der Waals surface area contributed by atoms with Gasteiger partial charge < -0.3 is 4.74 Å². The Morgan fingerprint density at radius 1 is 1.52 bits per heavy atom. The number of aromatic nitrogens is 4. The zero-order valence-corrected chi connectivity index (χ0v) is 14.0. The lowest BCUT2D eigenvalue weighted by molar-refractivity contribution is -0.119. The van der Waals surface area contributed by atoms with Gasteiger partial charge in [-0.1, -0.05) is 11.3 Å². The molecule has 0 saturated carbocycles. The highest BCUT2D eigenvalue weighted by Crippen LogP contribution is 2.11. The smallest absolute Gasteiger partial charge is 0.240 e. The van der Waals surface area contributed by atoms with E-state index in [1.54, 1.807) is 5.51 Å². The maximum atomic E-state index is 12.0. The molecule has 3 rings (SSSR count). The minimum Gasteiger partial charge on any atom is -0.374 e. The highest BCUT2D eigenvalue weighted by Gasteiger charge is 2.23. The number of nitrogens with one attached hydrogen (secondary N) is 1. The van der Waals surface area contributed by atoms with Gasteiger partial charge >= 0.3 is 0 Å². The summed E-state index contributed by atoms with van der Waals surface area (Å²) in [6, 6.07) is 2.05. The molecule has 0 spiro atoms. The summed E-state index contributed by atoms with van der Waals surface area (Å²) < 4.78 is 7.77. The quantitative estimate of drug-likeness (QED) is 0.865. The Morgan fingerprint density at radius 3 is 3.09 bits per heavy atom. The van der Waals surface area contributed by atoms with Gasteiger partial charge in [-0.25, -0.2) is 0 Å². The largest absolute Gasteiger partial charge is 0.374 e. The van der Waals surface area contributed by atoms with Crippen molar-refractivity contribution in [3.05, 3.63) is 23.0 Å². The fraction of sp³-hybridized carbons (Fsp3) is 0.571. The number of morpholine rings is 1. The van der Waals surface area contributed by atoms with E-state index in [0.717, 1.165) is 17.9 Å². The Bertz CT molecular complexity index is 656. The van der Waals surface area contributed by atoms with E-state index in [0.29, 0.717) is 31.4 Å². The van der Waals surface area contributed by atoms with Crippen molar-refractivity contribution >= 4 is 22.4 Å². The summed E-state index contributed by atoms with van der Waals surface area (Å²) >= 11 is 1.31. The molecule has 1 atom stereocenters. The molecule has 1 aliphatic rings. The molecule has 1 saturated heterocycles. The molecule has 124 valence electrons. The van der Waals surface area contributed by atoms with Gasteiger partial charge in [0.2, 0.25) is 11.0 Å². The van der Waals surface area contributed by atoms with Crippen LogP contribution in [-0.4, -0.2) is 63.1 Å². The maximum Gasteiger partial charge on any atom is 0.240 e. The summed E-state index contributed by atoms with van der Waals surface area (Å²) in [5.74, 6) is -0.0754. The Hall–Kier alpha value is -1.84. The van der Waals surface area contributed by atoms with Crippen LogP contribution >= 0.6 is 11.3 Å². The molecule has 8 nitrogen and oxygen atoms in total. The van der Waals surface area contributed by atoms with Crippen LogP contribution in [0.15, 0.2) is 11.6 Å². The molecule has 9 heteroatoms. The highest BCUT2D eigenvalue weighted by atomic mass is 32.1. The molecule has 0 unspecified atom stereocenters. The molecule has 2 aromatic heterocycles. The minimum absolute atomic E-state index is 0.0380. The predicted octanol–water partition coefficient (Wildman–Crippen LogP) is 0.691. The lowest BCUT2D eigenvalue weighted by Crippen LogP contribution is -2.47. The lowest BCUT2D eigenvalue weighted by atomic mass is 10.2. The van der Waals surface area contributed by atoms with E-state index in [9.17, 15) is 4.79 Å². The fourth-order valence-corrected chi connectivity index (χ4v) is 3.14. The maximum absolute atomic E-state index is 12.0. The SMILES string of the molecule is Cc1cc(C)n(C[C@@H]2CN(CC(=O)Nc3nncs3)CCO2)n1. The average Bonchev–Trinajstić information content (AvgIpc) is 3.09. The van der Waals surface area contributed by atoms with Crippen molar-refractivity contribution in [2.24, 2.45) is 0 Å². The van der Waals surface area contributed by atoms with E-state index in [1.807, 2.05) is 18.5 Å². The van der Waals surface area contributed by atoms with Gasteiger partial charge in [-0.05, 0) is 19.9 Å². The Kier molecular flexibility index (Phi) is 4.99. The molecule has 1 N–H and O–H groups in total. The van der Waals surface area contributed by atoms with Gasteiger partial charge in [-0.15, -0.1) is 10.2 Å². The first-order valence-electron chi connectivity index (χ1n) is 7.51. The molecule has 3 heterocycles. The molecular formula is C14H20N6O2S. The van der Waals surface area contributed by atoms with Crippen molar-refractivity contribution in [1.29, 1.82) is 0 Å². The summed E-state index contributed by atoms with van der Waals surface area (Å²) in [6.07, 6.45) is 0.0380. The third-order valence-electron chi connectivity index (χ3n) is 3.68. The van der Waals surface area contributed by atoms with E-state index in [4.69, 9.17) is 4.74 Å². The number of ether oxygens (including phenoxy) is 1. The van der Waals surface area contributed by atoms with Crippen molar-refractivity contribution in [2.75, 3.05) is 31.6 Å². The third-order valence-corrected chi connectivity index (χ3v) is 4.28. The van der Waals surface area contributed by atoms with Crippen LogP contribution in [0.1, 0.15) is 11.4 Å². The van der Waals surface area contributed by atoms with Crippen LogP contribution < -0.4 is 5.32 Å².